The van der Waals surface area contributed by atoms with Crippen molar-refractivity contribution in [3.05, 3.63) is 31.8 Å². The summed E-state index contributed by atoms with van der Waals surface area (Å²) in [6.07, 6.45) is 2.69. The molecule has 3 rings (SSSR count). The van der Waals surface area contributed by atoms with Crippen molar-refractivity contribution in [3.8, 4) is 0 Å². The molecule has 1 saturated carbocycles. The molecular weight excluding hydrogens is 419 g/mol. The Kier molecular flexibility index (Phi) is 4.14. The summed E-state index contributed by atoms with van der Waals surface area (Å²) in [6, 6.07) is 6.73. The summed E-state index contributed by atoms with van der Waals surface area (Å²) in [7, 11) is 0. The van der Waals surface area contributed by atoms with Crippen LogP contribution in [0.1, 0.15) is 23.2 Å². The summed E-state index contributed by atoms with van der Waals surface area (Å²) in [4.78, 5) is 17.0. The number of amides is 1. The zero-order valence-electron chi connectivity index (χ0n) is 10.6. The van der Waals surface area contributed by atoms with Crippen LogP contribution in [0.5, 0.6) is 0 Å². The monoisotopic (exact) mass is 434 g/mol. The summed E-state index contributed by atoms with van der Waals surface area (Å²) in [6.45, 7) is 3.76. The fourth-order valence-corrected chi connectivity index (χ4v) is 3.47. The van der Waals surface area contributed by atoms with Gasteiger partial charge in [0.25, 0.3) is 5.91 Å². The van der Waals surface area contributed by atoms with Gasteiger partial charge >= 0.3 is 0 Å². The van der Waals surface area contributed by atoms with Crippen molar-refractivity contribution >= 4 is 44.4 Å². The van der Waals surface area contributed by atoms with E-state index in [2.05, 4.69) is 43.4 Å². The van der Waals surface area contributed by atoms with Crippen molar-refractivity contribution in [2.45, 2.75) is 18.9 Å². The van der Waals surface area contributed by atoms with Gasteiger partial charge in [-0.3, -0.25) is 9.69 Å². The van der Waals surface area contributed by atoms with E-state index in [0.29, 0.717) is 0 Å². The summed E-state index contributed by atoms with van der Waals surface area (Å²) >= 11 is 5.73. The predicted octanol–water partition coefficient (Wildman–Crippen LogP) is 2.97. The molecule has 2 fully saturated rings. The standard InChI is InChI=1S/C14H16BrIN2O/c15-13-4-1-10(16)9-12(13)14(19)18-7-5-17(6-8-18)11-2-3-11/h1,4,9,11H,2-3,5-8H2. The van der Waals surface area contributed by atoms with Gasteiger partial charge in [0.05, 0.1) is 5.56 Å². The highest BCUT2D eigenvalue weighted by atomic mass is 127. The molecule has 5 heteroatoms. The molecule has 102 valence electrons. The van der Waals surface area contributed by atoms with E-state index in [0.717, 1.165) is 45.8 Å². The number of carbonyl (C=O) groups is 1. The number of halogens is 2. The minimum Gasteiger partial charge on any atom is -0.336 e. The van der Waals surface area contributed by atoms with Gasteiger partial charge in [0.2, 0.25) is 0 Å². The van der Waals surface area contributed by atoms with E-state index in [4.69, 9.17) is 0 Å². The van der Waals surface area contributed by atoms with E-state index in [1.165, 1.54) is 12.8 Å². The van der Waals surface area contributed by atoms with Crippen LogP contribution < -0.4 is 0 Å². The number of benzene rings is 1. The lowest BCUT2D eigenvalue weighted by Gasteiger charge is -2.35. The van der Waals surface area contributed by atoms with Crippen LogP contribution in [-0.2, 0) is 0 Å². The molecule has 1 heterocycles. The van der Waals surface area contributed by atoms with Gasteiger partial charge in [-0.25, -0.2) is 0 Å². The van der Waals surface area contributed by atoms with E-state index in [-0.39, 0.29) is 5.91 Å². The number of hydrogen-bond acceptors (Lipinski definition) is 2. The lowest BCUT2D eigenvalue weighted by atomic mass is 10.2. The molecule has 0 spiro atoms. The molecule has 0 unspecified atom stereocenters. The zero-order valence-corrected chi connectivity index (χ0v) is 14.4. The summed E-state index contributed by atoms with van der Waals surface area (Å²) < 4.78 is 1.99. The first kappa shape index (κ1) is 13.8. The number of piperazine rings is 1. The molecule has 1 amide bonds. The van der Waals surface area contributed by atoms with E-state index in [9.17, 15) is 4.79 Å². The van der Waals surface area contributed by atoms with Crippen molar-refractivity contribution in [2.24, 2.45) is 0 Å². The first-order valence-corrected chi connectivity index (χ1v) is 8.51. The number of carbonyl (C=O) groups excluding carboxylic acids is 1. The van der Waals surface area contributed by atoms with Crippen LogP contribution in [0.4, 0.5) is 0 Å². The third-order valence-corrected chi connectivity index (χ3v) is 5.19. The Hall–Kier alpha value is -0.140. The summed E-state index contributed by atoms with van der Waals surface area (Å²) in [5, 5.41) is 0. The van der Waals surface area contributed by atoms with E-state index < -0.39 is 0 Å². The summed E-state index contributed by atoms with van der Waals surface area (Å²) in [5.41, 5.74) is 0.784. The highest BCUT2D eigenvalue weighted by molar-refractivity contribution is 14.1. The van der Waals surface area contributed by atoms with E-state index in [1.54, 1.807) is 0 Å². The van der Waals surface area contributed by atoms with Gasteiger partial charge in [0.1, 0.15) is 0 Å². The fourth-order valence-electron chi connectivity index (χ4n) is 2.56. The molecule has 1 aromatic rings. The Labute approximate surface area is 135 Å². The average Bonchev–Trinajstić information content (AvgIpc) is 3.25. The van der Waals surface area contributed by atoms with Crippen LogP contribution in [0.3, 0.4) is 0 Å². The van der Waals surface area contributed by atoms with Gasteiger partial charge < -0.3 is 4.90 Å². The second-order valence-electron chi connectivity index (χ2n) is 5.18. The Morgan fingerprint density at radius 1 is 1.21 bits per heavy atom. The minimum atomic E-state index is 0.154. The quantitative estimate of drug-likeness (QED) is 0.668. The molecule has 3 nitrogen and oxygen atoms in total. The molecule has 0 aromatic heterocycles. The molecular formula is C14H16BrIN2O. The van der Waals surface area contributed by atoms with Crippen LogP contribution in [0, 0.1) is 3.57 Å². The lowest BCUT2D eigenvalue weighted by molar-refractivity contribution is 0.0626. The van der Waals surface area contributed by atoms with Crippen LogP contribution in [0.15, 0.2) is 22.7 Å². The second-order valence-corrected chi connectivity index (χ2v) is 7.28. The number of nitrogens with zero attached hydrogens (tertiary/aromatic N) is 2. The Balaban J connectivity index is 1.68. The van der Waals surface area contributed by atoms with Crippen molar-refractivity contribution < 1.29 is 4.79 Å². The minimum absolute atomic E-state index is 0.154. The number of rotatable bonds is 2. The molecule has 19 heavy (non-hydrogen) atoms. The van der Waals surface area contributed by atoms with E-state index >= 15 is 0 Å². The maximum Gasteiger partial charge on any atom is 0.255 e. The van der Waals surface area contributed by atoms with Crippen LogP contribution >= 0.6 is 38.5 Å². The highest BCUT2D eigenvalue weighted by Gasteiger charge is 2.32. The molecule has 1 aliphatic carbocycles. The second kappa shape index (κ2) is 5.69. The van der Waals surface area contributed by atoms with Crippen LogP contribution in [0.25, 0.3) is 0 Å². The first-order valence-electron chi connectivity index (χ1n) is 6.63. The smallest absolute Gasteiger partial charge is 0.255 e. The molecule has 2 aliphatic rings. The maximum atomic E-state index is 12.5. The van der Waals surface area contributed by atoms with Crippen molar-refractivity contribution in [3.63, 3.8) is 0 Å². The zero-order chi connectivity index (χ0) is 13.4. The van der Waals surface area contributed by atoms with Crippen molar-refractivity contribution in [1.82, 2.24) is 9.80 Å². The normalized spacial score (nSPS) is 20.6. The largest absolute Gasteiger partial charge is 0.336 e. The molecule has 0 atom stereocenters. The molecule has 0 bridgehead atoms. The van der Waals surface area contributed by atoms with Crippen LogP contribution in [0.2, 0.25) is 0 Å². The van der Waals surface area contributed by atoms with Gasteiger partial charge in [0.15, 0.2) is 0 Å². The SMILES string of the molecule is O=C(c1cc(I)ccc1Br)N1CCN(C2CC2)CC1. The highest BCUT2D eigenvalue weighted by Crippen LogP contribution is 2.28. The fraction of sp³-hybridized carbons (Fsp3) is 0.500. The molecule has 0 N–H and O–H groups in total. The molecule has 0 radical (unpaired) electrons. The van der Waals surface area contributed by atoms with Gasteiger partial charge in [0, 0.05) is 40.3 Å². The average molecular weight is 435 g/mol. The third kappa shape index (κ3) is 3.13. The Morgan fingerprint density at radius 2 is 1.89 bits per heavy atom. The number of hydrogen-bond donors (Lipinski definition) is 0. The molecule has 1 saturated heterocycles. The Morgan fingerprint density at radius 3 is 2.53 bits per heavy atom. The van der Waals surface area contributed by atoms with Gasteiger partial charge in [-0.15, -0.1) is 0 Å². The third-order valence-electron chi connectivity index (χ3n) is 3.82. The maximum absolute atomic E-state index is 12.5. The van der Waals surface area contributed by atoms with Gasteiger partial charge in [-0.05, 0) is 69.6 Å². The molecule has 1 aromatic carbocycles. The first-order chi connectivity index (χ1) is 9.15. The van der Waals surface area contributed by atoms with Crippen molar-refractivity contribution in [1.29, 1.82) is 0 Å². The molecule has 1 aliphatic heterocycles. The van der Waals surface area contributed by atoms with E-state index in [1.807, 2.05) is 23.1 Å². The topological polar surface area (TPSA) is 23.6 Å². The lowest BCUT2D eigenvalue weighted by Crippen LogP contribution is -2.49. The van der Waals surface area contributed by atoms with Crippen LogP contribution in [-0.4, -0.2) is 47.9 Å². The predicted molar refractivity (Wildman–Crippen MR) is 87.4 cm³/mol. The van der Waals surface area contributed by atoms with Gasteiger partial charge in [-0.1, -0.05) is 0 Å². The Bertz CT molecular complexity index is 496. The van der Waals surface area contributed by atoms with Gasteiger partial charge in [-0.2, -0.15) is 0 Å². The van der Waals surface area contributed by atoms with Crippen molar-refractivity contribution in [2.75, 3.05) is 26.2 Å². The summed E-state index contributed by atoms with van der Waals surface area (Å²) in [5.74, 6) is 0.154.